The maximum Gasteiger partial charge on any atom is 0.534 e. The zero-order valence-corrected chi connectivity index (χ0v) is 12.5. The van der Waals surface area contributed by atoms with Crippen molar-refractivity contribution in [3.8, 4) is 11.1 Å². The first kappa shape index (κ1) is 16.9. The first-order chi connectivity index (χ1) is 10.6. The van der Waals surface area contributed by atoms with E-state index < -0.39 is 21.4 Å². The lowest BCUT2D eigenvalue weighted by Gasteiger charge is -2.15. The molecule has 0 saturated heterocycles. The number of rotatable bonds is 4. The van der Waals surface area contributed by atoms with Crippen LogP contribution in [0.25, 0.3) is 16.9 Å². The molecule has 2 rings (SSSR count). The van der Waals surface area contributed by atoms with Gasteiger partial charge in [0.05, 0.1) is 0 Å². The number of anilines is 1. The smallest absolute Gasteiger partial charge is 0.398 e. The van der Waals surface area contributed by atoms with Crippen molar-refractivity contribution < 1.29 is 25.8 Å². The Kier molecular flexibility index (Phi) is 4.37. The molecule has 0 aliphatic carbocycles. The van der Waals surface area contributed by atoms with Crippen LogP contribution in [0.2, 0.25) is 0 Å². The highest BCUT2D eigenvalue weighted by molar-refractivity contribution is 7.87. The fourth-order valence-electron chi connectivity index (χ4n) is 1.93. The van der Waals surface area contributed by atoms with Gasteiger partial charge in [0.15, 0.2) is 0 Å². The van der Waals surface area contributed by atoms with Crippen LogP contribution in [0.15, 0.2) is 55.1 Å². The second-order valence-corrected chi connectivity index (χ2v) is 6.08. The SMILES string of the molecule is C=C(OS(=O)(=O)C(F)(F)F)c1ccccc1-c1ccccc1N. The fraction of sp³-hybridized carbons (Fsp3) is 0.0667. The molecule has 0 bridgehead atoms. The fourth-order valence-corrected chi connectivity index (χ4v) is 2.38. The van der Waals surface area contributed by atoms with E-state index in [4.69, 9.17) is 5.73 Å². The summed E-state index contributed by atoms with van der Waals surface area (Å²) in [7, 11) is -5.78. The van der Waals surface area contributed by atoms with E-state index in [0.29, 0.717) is 16.8 Å². The van der Waals surface area contributed by atoms with Crippen LogP contribution in [0.5, 0.6) is 0 Å². The molecule has 0 radical (unpaired) electrons. The Bertz CT molecular complexity index is 845. The largest absolute Gasteiger partial charge is 0.534 e. The number of alkyl halides is 3. The summed E-state index contributed by atoms with van der Waals surface area (Å²) < 4.78 is 63.6. The second kappa shape index (κ2) is 5.96. The molecule has 8 heteroatoms. The van der Waals surface area contributed by atoms with Crippen molar-refractivity contribution in [3.05, 3.63) is 60.7 Å². The first-order valence-corrected chi connectivity index (χ1v) is 7.68. The van der Waals surface area contributed by atoms with Crippen molar-refractivity contribution >= 4 is 21.6 Å². The van der Waals surface area contributed by atoms with Crippen LogP contribution in [-0.4, -0.2) is 13.9 Å². The molecule has 0 saturated carbocycles. The number of halogens is 3. The third-order valence-electron chi connectivity index (χ3n) is 2.97. The molecule has 4 nitrogen and oxygen atoms in total. The van der Waals surface area contributed by atoms with Crippen molar-refractivity contribution in [2.24, 2.45) is 0 Å². The third kappa shape index (κ3) is 3.48. The van der Waals surface area contributed by atoms with Gasteiger partial charge < -0.3 is 9.92 Å². The summed E-state index contributed by atoms with van der Waals surface area (Å²) >= 11 is 0. The minimum absolute atomic E-state index is 0.0956. The third-order valence-corrected chi connectivity index (χ3v) is 3.96. The number of nitrogens with two attached hydrogens (primary N) is 1. The van der Waals surface area contributed by atoms with Crippen LogP contribution in [0.3, 0.4) is 0 Å². The predicted octanol–water partition coefficient (Wildman–Crippen LogP) is 3.77. The summed E-state index contributed by atoms with van der Waals surface area (Å²) in [6, 6.07) is 12.8. The molecule has 23 heavy (non-hydrogen) atoms. The molecule has 0 aliphatic rings. The van der Waals surface area contributed by atoms with E-state index in [1.54, 1.807) is 36.4 Å². The van der Waals surface area contributed by atoms with E-state index in [9.17, 15) is 21.6 Å². The van der Waals surface area contributed by atoms with Crippen LogP contribution in [0.4, 0.5) is 18.9 Å². The van der Waals surface area contributed by atoms with Gasteiger partial charge in [-0.05, 0) is 11.6 Å². The van der Waals surface area contributed by atoms with Gasteiger partial charge in [-0.1, -0.05) is 49.0 Å². The summed E-state index contributed by atoms with van der Waals surface area (Å²) in [6.45, 7) is 3.30. The molecule has 2 N–H and O–H groups in total. The van der Waals surface area contributed by atoms with Crippen molar-refractivity contribution in [1.29, 1.82) is 0 Å². The van der Waals surface area contributed by atoms with Gasteiger partial charge in [0.1, 0.15) is 5.76 Å². The average Bonchev–Trinajstić information content (AvgIpc) is 2.46. The second-order valence-electron chi connectivity index (χ2n) is 4.54. The summed E-state index contributed by atoms with van der Waals surface area (Å²) in [4.78, 5) is 0. The van der Waals surface area contributed by atoms with E-state index >= 15 is 0 Å². The van der Waals surface area contributed by atoms with Crippen LogP contribution in [0, 0.1) is 0 Å². The van der Waals surface area contributed by atoms with Crippen LogP contribution in [0.1, 0.15) is 5.56 Å². The molecule has 122 valence electrons. The van der Waals surface area contributed by atoms with E-state index in [-0.39, 0.29) is 5.56 Å². The molecular weight excluding hydrogens is 331 g/mol. The number of hydrogen-bond acceptors (Lipinski definition) is 4. The molecule has 0 atom stereocenters. The van der Waals surface area contributed by atoms with Gasteiger partial charge in [0.2, 0.25) is 0 Å². The normalized spacial score (nSPS) is 12.0. The monoisotopic (exact) mass is 343 g/mol. The molecule has 0 aromatic heterocycles. The Hall–Kier alpha value is -2.48. The number of nitrogen functional groups attached to an aromatic ring is 1. The van der Waals surface area contributed by atoms with Gasteiger partial charge in [0.25, 0.3) is 0 Å². The summed E-state index contributed by atoms with van der Waals surface area (Å²) in [5.74, 6) is -0.638. The van der Waals surface area contributed by atoms with Crippen LogP contribution in [-0.2, 0) is 14.3 Å². The highest BCUT2D eigenvalue weighted by Gasteiger charge is 2.48. The first-order valence-electron chi connectivity index (χ1n) is 6.27. The van der Waals surface area contributed by atoms with Crippen LogP contribution < -0.4 is 5.73 Å². The Morgan fingerprint density at radius 3 is 2.09 bits per heavy atom. The molecule has 0 amide bonds. The maximum atomic E-state index is 12.4. The summed E-state index contributed by atoms with van der Waals surface area (Å²) in [5.41, 5.74) is 1.73. The van der Waals surface area contributed by atoms with E-state index in [1.807, 2.05) is 0 Å². The number of para-hydroxylation sites is 1. The van der Waals surface area contributed by atoms with E-state index in [0.717, 1.165) is 0 Å². The van der Waals surface area contributed by atoms with Crippen LogP contribution >= 0.6 is 0 Å². The molecule has 0 spiro atoms. The zero-order chi connectivity index (χ0) is 17.3. The molecule has 2 aromatic carbocycles. The highest BCUT2D eigenvalue weighted by atomic mass is 32.2. The van der Waals surface area contributed by atoms with E-state index in [1.165, 1.54) is 12.1 Å². The van der Waals surface area contributed by atoms with Crippen molar-refractivity contribution in [2.45, 2.75) is 5.51 Å². The van der Waals surface area contributed by atoms with Gasteiger partial charge >= 0.3 is 15.6 Å². The molecule has 2 aromatic rings. The molecule has 0 aliphatic heterocycles. The highest BCUT2D eigenvalue weighted by Crippen LogP contribution is 2.35. The minimum Gasteiger partial charge on any atom is -0.398 e. The zero-order valence-electron chi connectivity index (χ0n) is 11.7. The molecule has 0 fully saturated rings. The molecule has 0 heterocycles. The Morgan fingerprint density at radius 2 is 1.52 bits per heavy atom. The average molecular weight is 343 g/mol. The topological polar surface area (TPSA) is 69.4 Å². The van der Waals surface area contributed by atoms with E-state index in [2.05, 4.69) is 10.8 Å². The van der Waals surface area contributed by atoms with Crippen molar-refractivity contribution in [2.75, 3.05) is 5.73 Å². The Labute approximate surface area is 131 Å². The molecular formula is C15H12F3NO3S. The number of benzene rings is 2. The van der Waals surface area contributed by atoms with Gasteiger partial charge in [-0.25, -0.2) is 0 Å². The van der Waals surface area contributed by atoms with Gasteiger partial charge in [-0.2, -0.15) is 21.6 Å². The lowest BCUT2D eigenvalue weighted by atomic mass is 9.97. The molecule has 0 unspecified atom stereocenters. The van der Waals surface area contributed by atoms with Gasteiger partial charge in [-0.15, -0.1) is 0 Å². The lowest BCUT2D eigenvalue weighted by Crippen LogP contribution is -2.25. The van der Waals surface area contributed by atoms with Crippen molar-refractivity contribution in [3.63, 3.8) is 0 Å². The maximum absolute atomic E-state index is 12.4. The standard InChI is InChI=1S/C15H12F3NO3S/c1-10(22-23(20,21)15(16,17)18)11-6-2-3-7-12(11)13-8-4-5-9-14(13)19/h2-9H,1,19H2. The van der Waals surface area contributed by atoms with Gasteiger partial charge in [-0.3, -0.25) is 0 Å². The van der Waals surface area contributed by atoms with Crippen molar-refractivity contribution in [1.82, 2.24) is 0 Å². The lowest BCUT2D eigenvalue weighted by molar-refractivity contribution is -0.0509. The summed E-state index contributed by atoms with van der Waals surface area (Å²) in [6.07, 6.45) is 0. The predicted molar refractivity (Wildman–Crippen MR) is 81.4 cm³/mol. The Morgan fingerprint density at radius 1 is 1.00 bits per heavy atom. The minimum atomic E-state index is -5.78. The quantitative estimate of drug-likeness (QED) is 0.397. The summed E-state index contributed by atoms with van der Waals surface area (Å²) in [5, 5.41) is 0. The Balaban J connectivity index is 2.47. The number of hydrogen-bond donors (Lipinski definition) is 1. The van der Waals surface area contributed by atoms with Gasteiger partial charge in [0, 0.05) is 16.8 Å².